The van der Waals surface area contributed by atoms with Crippen LogP contribution in [0.5, 0.6) is 0 Å². The minimum Gasteiger partial charge on any atom is -0.320 e. The molecule has 0 saturated heterocycles. The first kappa shape index (κ1) is 17.2. The van der Waals surface area contributed by atoms with E-state index in [1.165, 1.54) is 27.1 Å². The van der Waals surface area contributed by atoms with Gasteiger partial charge in [0, 0.05) is 9.35 Å². The van der Waals surface area contributed by atoms with Crippen LogP contribution in [0.25, 0.3) is 0 Å². The molecule has 0 radical (unpaired) electrons. The smallest absolute Gasteiger partial charge is 0.0843 e. The van der Waals surface area contributed by atoms with Crippen LogP contribution in [0.1, 0.15) is 53.9 Å². The average molecular weight is 431 g/mol. The molecule has 1 aromatic carbocycles. The summed E-state index contributed by atoms with van der Waals surface area (Å²) in [6, 6.07) is 6.73. The molecule has 2 N–H and O–H groups in total. The van der Waals surface area contributed by atoms with Gasteiger partial charge >= 0.3 is 0 Å². The Bertz CT molecular complexity index is 589. The highest BCUT2D eigenvalue weighted by molar-refractivity contribution is 9.13. The second kappa shape index (κ2) is 7.40. The number of nitrogens with two attached hydrogens (primary N) is 1. The van der Waals surface area contributed by atoms with E-state index < -0.39 is 0 Å². The third-order valence-corrected chi connectivity index (χ3v) is 7.20. The van der Waals surface area contributed by atoms with Crippen LogP contribution >= 0.6 is 43.2 Å². The standard InChI is InChI=1S/C17H21Br2NS/c1-4-10-7-11(5-2)15(12(6-3)8-10)16(20)14-9-13(18)17(19)21-14/h7-9,16H,4-6,20H2,1-3H3. The molecular weight excluding hydrogens is 410 g/mol. The minimum absolute atomic E-state index is 0.0478. The molecule has 0 amide bonds. The Labute approximate surface area is 148 Å². The molecule has 4 heteroatoms. The molecule has 0 spiro atoms. The lowest BCUT2D eigenvalue weighted by atomic mass is 9.89. The normalized spacial score (nSPS) is 12.7. The Morgan fingerprint density at radius 2 is 1.57 bits per heavy atom. The number of halogens is 2. The van der Waals surface area contributed by atoms with Gasteiger partial charge in [-0.3, -0.25) is 0 Å². The van der Waals surface area contributed by atoms with Crippen molar-refractivity contribution in [2.45, 2.75) is 46.1 Å². The highest BCUT2D eigenvalue weighted by Gasteiger charge is 2.20. The Morgan fingerprint density at radius 3 is 1.95 bits per heavy atom. The van der Waals surface area contributed by atoms with E-state index in [-0.39, 0.29) is 6.04 Å². The number of aryl methyl sites for hydroxylation is 3. The van der Waals surface area contributed by atoms with Gasteiger partial charge in [-0.05, 0) is 79.4 Å². The number of thiophene rings is 1. The predicted molar refractivity (Wildman–Crippen MR) is 100 cm³/mol. The maximum atomic E-state index is 6.61. The van der Waals surface area contributed by atoms with Gasteiger partial charge in [-0.15, -0.1) is 11.3 Å². The Hall–Kier alpha value is -0.160. The summed E-state index contributed by atoms with van der Waals surface area (Å²) in [6.07, 6.45) is 3.13. The SMILES string of the molecule is CCc1cc(CC)c(C(N)c2cc(Br)c(Br)s2)c(CC)c1. The van der Waals surface area contributed by atoms with Gasteiger partial charge in [0.25, 0.3) is 0 Å². The van der Waals surface area contributed by atoms with Gasteiger partial charge in [-0.2, -0.15) is 0 Å². The summed E-state index contributed by atoms with van der Waals surface area (Å²) in [6.45, 7) is 6.64. The van der Waals surface area contributed by atoms with Gasteiger partial charge in [0.15, 0.2) is 0 Å². The Morgan fingerprint density at radius 1 is 1.00 bits per heavy atom. The van der Waals surface area contributed by atoms with Gasteiger partial charge < -0.3 is 5.73 Å². The van der Waals surface area contributed by atoms with Crippen LogP contribution in [-0.2, 0) is 19.3 Å². The highest BCUT2D eigenvalue weighted by Crippen LogP contribution is 2.38. The third-order valence-electron chi connectivity index (χ3n) is 3.86. The summed E-state index contributed by atoms with van der Waals surface area (Å²) in [5.74, 6) is 0. The first-order valence-electron chi connectivity index (χ1n) is 7.36. The molecule has 1 aromatic heterocycles. The maximum absolute atomic E-state index is 6.61. The summed E-state index contributed by atoms with van der Waals surface area (Å²) in [7, 11) is 0. The number of rotatable bonds is 5. The van der Waals surface area contributed by atoms with Crippen molar-refractivity contribution in [3.8, 4) is 0 Å². The first-order chi connectivity index (χ1) is 10.0. The van der Waals surface area contributed by atoms with Gasteiger partial charge in [0.1, 0.15) is 0 Å². The van der Waals surface area contributed by atoms with Crippen LogP contribution in [0.4, 0.5) is 0 Å². The van der Waals surface area contributed by atoms with E-state index in [1.807, 2.05) is 0 Å². The summed E-state index contributed by atoms with van der Waals surface area (Å²) >= 11 is 8.84. The summed E-state index contributed by atoms with van der Waals surface area (Å²) < 4.78 is 2.19. The lowest BCUT2D eigenvalue weighted by molar-refractivity contribution is 0.839. The lowest BCUT2D eigenvalue weighted by Gasteiger charge is -2.20. The van der Waals surface area contributed by atoms with Crippen molar-refractivity contribution in [3.05, 3.63) is 53.6 Å². The zero-order valence-corrected chi connectivity index (χ0v) is 16.7. The van der Waals surface area contributed by atoms with Crippen molar-refractivity contribution in [2.24, 2.45) is 5.73 Å². The fourth-order valence-corrected chi connectivity index (χ4v) is 4.80. The number of hydrogen-bond donors (Lipinski definition) is 1. The van der Waals surface area contributed by atoms with Gasteiger partial charge in [-0.25, -0.2) is 0 Å². The summed E-state index contributed by atoms with van der Waals surface area (Å²) in [5, 5.41) is 0. The van der Waals surface area contributed by atoms with Crippen molar-refractivity contribution in [1.82, 2.24) is 0 Å². The zero-order valence-electron chi connectivity index (χ0n) is 12.7. The quantitative estimate of drug-likeness (QED) is 0.617. The molecule has 0 fully saturated rings. The predicted octanol–water partition coefficient (Wildman–Crippen LogP) is 6.01. The number of hydrogen-bond acceptors (Lipinski definition) is 2. The molecule has 2 aromatic rings. The van der Waals surface area contributed by atoms with E-state index >= 15 is 0 Å². The second-order valence-electron chi connectivity index (χ2n) is 5.14. The third kappa shape index (κ3) is 3.61. The highest BCUT2D eigenvalue weighted by atomic mass is 79.9. The van der Waals surface area contributed by atoms with E-state index in [2.05, 4.69) is 70.8 Å². The molecule has 1 heterocycles. The van der Waals surface area contributed by atoms with E-state index in [1.54, 1.807) is 11.3 Å². The van der Waals surface area contributed by atoms with E-state index in [0.717, 1.165) is 27.5 Å². The molecule has 21 heavy (non-hydrogen) atoms. The van der Waals surface area contributed by atoms with E-state index in [4.69, 9.17) is 5.73 Å². The molecule has 1 unspecified atom stereocenters. The van der Waals surface area contributed by atoms with E-state index in [9.17, 15) is 0 Å². The zero-order chi connectivity index (χ0) is 15.6. The molecule has 0 aliphatic rings. The summed E-state index contributed by atoms with van der Waals surface area (Å²) in [4.78, 5) is 1.20. The molecule has 1 atom stereocenters. The molecule has 0 bridgehead atoms. The fraction of sp³-hybridized carbons (Fsp3) is 0.412. The van der Waals surface area contributed by atoms with Crippen molar-refractivity contribution in [1.29, 1.82) is 0 Å². The topological polar surface area (TPSA) is 26.0 Å². The Balaban J connectivity index is 2.55. The van der Waals surface area contributed by atoms with Crippen LogP contribution < -0.4 is 5.73 Å². The van der Waals surface area contributed by atoms with Gasteiger partial charge in [0.2, 0.25) is 0 Å². The average Bonchev–Trinajstić information content (AvgIpc) is 2.84. The van der Waals surface area contributed by atoms with Gasteiger partial charge in [-0.1, -0.05) is 32.9 Å². The van der Waals surface area contributed by atoms with E-state index in [0.29, 0.717) is 0 Å². The molecule has 114 valence electrons. The van der Waals surface area contributed by atoms with Crippen LogP contribution in [0, 0.1) is 0 Å². The minimum atomic E-state index is -0.0478. The monoisotopic (exact) mass is 429 g/mol. The van der Waals surface area contributed by atoms with Crippen molar-refractivity contribution in [3.63, 3.8) is 0 Å². The van der Waals surface area contributed by atoms with Crippen LogP contribution in [-0.4, -0.2) is 0 Å². The van der Waals surface area contributed by atoms with Crippen molar-refractivity contribution >= 4 is 43.2 Å². The first-order valence-corrected chi connectivity index (χ1v) is 9.76. The molecule has 0 aliphatic heterocycles. The molecule has 2 rings (SSSR count). The largest absolute Gasteiger partial charge is 0.320 e. The van der Waals surface area contributed by atoms with Crippen molar-refractivity contribution in [2.75, 3.05) is 0 Å². The fourth-order valence-electron chi connectivity index (χ4n) is 2.70. The van der Waals surface area contributed by atoms with Gasteiger partial charge in [0.05, 0.1) is 9.83 Å². The van der Waals surface area contributed by atoms with Crippen molar-refractivity contribution < 1.29 is 0 Å². The maximum Gasteiger partial charge on any atom is 0.0843 e. The van der Waals surface area contributed by atoms with Crippen LogP contribution in [0.3, 0.4) is 0 Å². The second-order valence-corrected chi connectivity index (χ2v) is 8.39. The molecule has 1 nitrogen and oxygen atoms in total. The molecule has 0 saturated carbocycles. The van der Waals surface area contributed by atoms with Crippen LogP contribution in [0.2, 0.25) is 0 Å². The molecular formula is C17H21Br2NS. The lowest BCUT2D eigenvalue weighted by Crippen LogP contribution is -2.16. The summed E-state index contributed by atoms with van der Waals surface area (Å²) in [5.41, 5.74) is 12.1. The Kier molecular flexibility index (Phi) is 6.06. The number of benzene rings is 1. The van der Waals surface area contributed by atoms with Crippen LogP contribution in [0.15, 0.2) is 26.5 Å². The molecule has 0 aliphatic carbocycles.